The molecule has 0 aromatic heterocycles. The van der Waals surface area contributed by atoms with Gasteiger partial charge in [0, 0.05) is 31.9 Å². The monoisotopic (exact) mass is 388 g/mol. The first kappa shape index (κ1) is 19.4. The fourth-order valence-corrected chi connectivity index (χ4v) is 3.87. The summed E-state index contributed by atoms with van der Waals surface area (Å²) >= 11 is 0. The molecule has 3 aliphatic rings. The Balaban J connectivity index is 1.88. The Labute approximate surface area is 172 Å². The zero-order valence-electron chi connectivity index (χ0n) is 17.3. The normalized spacial score (nSPS) is 25.0. The molecule has 0 saturated carbocycles. The number of methoxy groups -OCH3 is 2. The van der Waals surface area contributed by atoms with E-state index in [0.29, 0.717) is 5.76 Å². The first-order chi connectivity index (χ1) is 14.1. The molecular weight excluding hydrogens is 362 g/mol. The van der Waals surface area contributed by atoms with Gasteiger partial charge in [0.25, 0.3) is 0 Å². The van der Waals surface area contributed by atoms with Crippen LogP contribution in [-0.2, 0) is 9.47 Å². The molecule has 2 aliphatic carbocycles. The van der Waals surface area contributed by atoms with Crippen molar-refractivity contribution in [2.75, 3.05) is 28.3 Å². The molecule has 2 atom stereocenters. The maximum Gasteiger partial charge on any atom is 0.199 e. The van der Waals surface area contributed by atoms with Crippen LogP contribution in [0.4, 0.5) is 0 Å². The van der Waals surface area contributed by atoms with Crippen molar-refractivity contribution in [2.24, 2.45) is 0 Å². The summed E-state index contributed by atoms with van der Waals surface area (Å²) in [6, 6.07) is 8.09. The first-order valence-electron chi connectivity index (χ1n) is 9.67. The summed E-state index contributed by atoms with van der Waals surface area (Å²) < 4.78 is 20.2. The average Bonchev–Trinajstić information content (AvgIpc) is 2.78. The fourth-order valence-electron chi connectivity index (χ4n) is 3.87. The highest BCUT2D eigenvalue weighted by atomic mass is 16.6. The predicted molar refractivity (Wildman–Crippen MR) is 116 cm³/mol. The van der Waals surface area contributed by atoms with Crippen LogP contribution in [-0.4, -0.2) is 50.3 Å². The maximum atomic E-state index is 6.35. The molecule has 1 aliphatic heterocycles. The predicted octanol–water partition coefficient (Wildman–Crippen LogP) is 4.08. The topological polar surface area (TPSA) is 30.7 Å². The summed E-state index contributed by atoms with van der Waals surface area (Å²) in [7, 11) is 7.45. The summed E-state index contributed by atoms with van der Waals surface area (Å²) in [6.07, 6.45) is 18.2. The quantitative estimate of drug-likeness (QED) is 0.731. The van der Waals surface area contributed by atoms with Crippen molar-refractivity contribution in [3.05, 3.63) is 95.8 Å². The van der Waals surface area contributed by atoms with E-state index in [4.69, 9.17) is 14.2 Å². The zero-order valence-corrected chi connectivity index (χ0v) is 17.3. The number of ether oxygens (including phenoxy) is 3. The van der Waals surface area contributed by atoms with Gasteiger partial charge in [0.1, 0.15) is 31.7 Å². The van der Waals surface area contributed by atoms with Crippen LogP contribution in [0, 0.1) is 0 Å². The Morgan fingerprint density at radius 1 is 1.00 bits per heavy atom. The van der Waals surface area contributed by atoms with E-state index in [2.05, 4.69) is 41.0 Å². The van der Waals surface area contributed by atoms with E-state index in [1.54, 1.807) is 14.2 Å². The summed E-state index contributed by atoms with van der Waals surface area (Å²) in [5.74, 6) is 1.52. The van der Waals surface area contributed by atoms with E-state index >= 15 is 0 Å². The molecule has 4 rings (SSSR count). The molecule has 0 saturated heterocycles. The lowest BCUT2D eigenvalue weighted by molar-refractivity contribution is -0.462. The second-order valence-corrected chi connectivity index (χ2v) is 7.36. The molecular formula is C25H26NO3+. The number of para-hydroxylation sites is 1. The molecule has 2 unspecified atom stereocenters. The van der Waals surface area contributed by atoms with Crippen molar-refractivity contribution >= 4 is 11.3 Å². The standard InChI is InChI=1S/C25H26NO3/c1-26(2)19-14-12-18(13-15-19)21-17-24(29-22-10-6-5-9-20(21)22)25(28-4)16-8-7-11-23(25)27-3/h5-17,23H,1-4H3/q+1. The molecule has 1 heterocycles. The van der Waals surface area contributed by atoms with Gasteiger partial charge in [0.05, 0.1) is 0 Å². The Kier molecular flexibility index (Phi) is 5.22. The van der Waals surface area contributed by atoms with E-state index in [9.17, 15) is 0 Å². The SMILES string of the molecule is COC1C=CC=CC1(OC)C1=CC(=C2C=CC(=[N+](C)C)C=C2)c2ccccc2O1. The lowest BCUT2D eigenvalue weighted by atomic mass is 9.85. The molecule has 148 valence electrons. The molecule has 0 amide bonds. The molecule has 0 radical (unpaired) electrons. The largest absolute Gasteiger partial charge is 0.457 e. The average molecular weight is 388 g/mol. The van der Waals surface area contributed by atoms with Crippen molar-refractivity contribution < 1.29 is 18.8 Å². The third kappa shape index (κ3) is 3.35. The van der Waals surface area contributed by atoms with Crippen molar-refractivity contribution in [3.63, 3.8) is 0 Å². The lowest BCUT2D eigenvalue weighted by Crippen LogP contribution is -2.47. The van der Waals surface area contributed by atoms with Gasteiger partial charge in [-0.1, -0.05) is 36.4 Å². The van der Waals surface area contributed by atoms with Gasteiger partial charge in [0.2, 0.25) is 0 Å². The molecule has 0 fully saturated rings. The third-order valence-electron chi connectivity index (χ3n) is 5.51. The van der Waals surface area contributed by atoms with E-state index in [0.717, 1.165) is 28.2 Å². The van der Waals surface area contributed by atoms with Crippen molar-refractivity contribution in [3.8, 4) is 5.75 Å². The van der Waals surface area contributed by atoms with Gasteiger partial charge in [-0.15, -0.1) is 0 Å². The number of hydrogen-bond acceptors (Lipinski definition) is 3. The van der Waals surface area contributed by atoms with E-state index in [-0.39, 0.29) is 6.10 Å². The molecule has 0 spiro atoms. The fraction of sp³-hybridized carbons (Fsp3) is 0.240. The molecule has 1 aromatic rings. The smallest absolute Gasteiger partial charge is 0.199 e. The number of fused-ring (bicyclic) bond motifs is 1. The van der Waals surface area contributed by atoms with Crippen LogP contribution in [0.1, 0.15) is 5.56 Å². The van der Waals surface area contributed by atoms with E-state index < -0.39 is 5.60 Å². The zero-order chi connectivity index (χ0) is 20.4. The second-order valence-electron chi connectivity index (χ2n) is 7.36. The number of hydrogen-bond donors (Lipinski definition) is 0. The van der Waals surface area contributed by atoms with E-state index in [1.807, 2.05) is 56.6 Å². The Bertz CT molecular complexity index is 1010. The molecule has 0 bridgehead atoms. The Morgan fingerprint density at radius 3 is 2.45 bits per heavy atom. The van der Waals surface area contributed by atoms with Crippen LogP contribution in [0.2, 0.25) is 0 Å². The second kappa shape index (κ2) is 7.82. The summed E-state index contributed by atoms with van der Waals surface area (Å²) in [6.45, 7) is 0. The van der Waals surface area contributed by atoms with Crippen LogP contribution in [0.25, 0.3) is 5.57 Å². The van der Waals surface area contributed by atoms with Gasteiger partial charge in [-0.2, -0.15) is 0 Å². The number of rotatable bonds is 3. The minimum absolute atomic E-state index is 0.286. The van der Waals surface area contributed by atoms with Gasteiger partial charge >= 0.3 is 0 Å². The Hall–Kier alpha value is -2.95. The minimum atomic E-state index is -0.828. The van der Waals surface area contributed by atoms with Crippen LogP contribution >= 0.6 is 0 Å². The highest BCUT2D eigenvalue weighted by molar-refractivity contribution is 6.03. The molecule has 0 N–H and O–H groups in total. The molecule has 4 nitrogen and oxygen atoms in total. The summed E-state index contributed by atoms with van der Waals surface area (Å²) in [5, 5.41) is 0. The van der Waals surface area contributed by atoms with Crippen molar-refractivity contribution in [1.82, 2.24) is 0 Å². The van der Waals surface area contributed by atoms with Gasteiger partial charge in [-0.05, 0) is 41.5 Å². The van der Waals surface area contributed by atoms with E-state index in [1.165, 1.54) is 0 Å². The molecule has 4 heteroatoms. The third-order valence-corrected chi connectivity index (χ3v) is 5.51. The first-order valence-corrected chi connectivity index (χ1v) is 9.67. The van der Waals surface area contributed by atoms with Crippen LogP contribution in [0.15, 0.2) is 90.3 Å². The van der Waals surface area contributed by atoms with Gasteiger partial charge in [-0.3, -0.25) is 0 Å². The van der Waals surface area contributed by atoms with Gasteiger partial charge < -0.3 is 14.2 Å². The number of nitrogens with zero attached hydrogens (tertiary/aromatic N) is 1. The van der Waals surface area contributed by atoms with Crippen molar-refractivity contribution in [1.29, 1.82) is 0 Å². The minimum Gasteiger partial charge on any atom is -0.457 e. The lowest BCUT2D eigenvalue weighted by Gasteiger charge is -2.39. The van der Waals surface area contributed by atoms with Crippen LogP contribution in [0.5, 0.6) is 5.75 Å². The van der Waals surface area contributed by atoms with Gasteiger partial charge in [0.15, 0.2) is 11.3 Å². The summed E-state index contributed by atoms with van der Waals surface area (Å²) in [5.41, 5.74) is 3.61. The highest BCUT2D eigenvalue weighted by Gasteiger charge is 2.44. The van der Waals surface area contributed by atoms with Crippen LogP contribution < -0.4 is 4.74 Å². The van der Waals surface area contributed by atoms with Gasteiger partial charge in [-0.25, -0.2) is 4.58 Å². The molecule has 1 aromatic carbocycles. The van der Waals surface area contributed by atoms with Crippen molar-refractivity contribution in [2.45, 2.75) is 11.7 Å². The van der Waals surface area contributed by atoms with Crippen LogP contribution in [0.3, 0.4) is 0 Å². The maximum absolute atomic E-state index is 6.35. The summed E-state index contributed by atoms with van der Waals surface area (Å²) in [4.78, 5) is 0. The highest BCUT2D eigenvalue weighted by Crippen LogP contribution is 2.42. The number of allylic oxidation sites excluding steroid dienone is 9. The number of benzene rings is 1. The Morgan fingerprint density at radius 2 is 1.76 bits per heavy atom. The molecule has 29 heavy (non-hydrogen) atoms.